The number of carboxylic acid groups (broad SMARTS) is 1. The Morgan fingerprint density at radius 3 is 2.31 bits per heavy atom. The fraction of sp³-hybridized carbons (Fsp3) is 0.125. The topological polar surface area (TPSA) is 128 Å². The number of nitrogens with zero attached hydrogens (tertiary/aromatic N) is 1. The highest BCUT2D eigenvalue weighted by Crippen LogP contribution is 2.34. The summed E-state index contributed by atoms with van der Waals surface area (Å²) in [5, 5.41) is 22.5. The fourth-order valence-corrected chi connectivity index (χ4v) is 2.33. The zero-order valence-electron chi connectivity index (χ0n) is 13.6. The van der Waals surface area contributed by atoms with Gasteiger partial charge < -0.3 is 19.9 Å². The summed E-state index contributed by atoms with van der Waals surface area (Å²) in [4.78, 5) is 34.0. The molecule has 0 spiro atoms. The van der Waals surface area contributed by atoms with Crippen molar-refractivity contribution in [1.82, 2.24) is 0 Å². The number of nitro benzene ring substituents is 1. The number of hydrogen-bond acceptors (Lipinski definition) is 6. The molecule has 0 heterocycles. The van der Waals surface area contributed by atoms with E-state index in [0.29, 0.717) is 0 Å². The SMILES string of the molecule is COc1cc(NC(=O)c2ccc(Cl)c([N+](=O)[O-])c2)c(C(=O)O)cc1OC. The third-order valence-electron chi connectivity index (χ3n) is 3.41. The van der Waals surface area contributed by atoms with Crippen LogP contribution in [0, 0.1) is 10.1 Å². The summed E-state index contributed by atoms with van der Waals surface area (Å²) in [6.07, 6.45) is 0. The molecular formula is C16H13ClN2O7. The molecule has 0 bridgehead atoms. The molecule has 0 aliphatic carbocycles. The Labute approximate surface area is 152 Å². The maximum absolute atomic E-state index is 12.4. The van der Waals surface area contributed by atoms with Crippen molar-refractivity contribution in [2.24, 2.45) is 0 Å². The second-order valence-electron chi connectivity index (χ2n) is 4.94. The van der Waals surface area contributed by atoms with Gasteiger partial charge in [-0.2, -0.15) is 0 Å². The predicted molar refractivity (Wildman–Crippen MR) is 92.6 cm³/mol. The minimum Gasteiger partial charge on any atom is -0.493 e. The average Bonchev–Trinajstić information content (AvgIpc) is 2.60. The van der Waals surface area contributed by atoms with Gasteiger partial charge in [-0.05, 0) is 12.1 Å². The van der Waals surface area contributed by atoms with E-state index in [1.807, 2.05) is 0 Å². The lowest BCUT2D eigenvalue weighted by Crippen LogP contribution is -2.15. The number of nitrogens with one attached hydrogen (secondary N) is 1. The summed E-state index contributed by atoms with van der Waals surface area (Å²) in [5.74, 6) is -1.68. The summed E-state index contributed by atoms with van der Waals surface area (Å²) < 4.78 is 10.1. The van der Waals surface area contributed by atoms with Crippen molar-refractivity contribution in [3.63, 3.8) is 0 Å². The molecule has 26 heavy (non-hydrogen) atoms. The van der Waals surface area contributed by atoms with Crippen LogP contribution < -0.4 is 14.8 Å². The van der Waals surface area contributed by atoms with Crippen LogP contribution in [-0.4, -0.2) is 36.1 Å². The van der Waals surface area contributed by atoms with E-state index in [2.05, 4.69) is 5.32 Å². The molecule has 9 nitrogen and oxygen atoms in total. The number of benzene rings is 2. The molecule has 0 saturated carbocycles. The Morgan fingerprint density at radius 1 is 1.15 bits per heavy atom. The van der Waals surface area contributed by atoms with Crippen LogP contribution in [0.5, 0.6) is 11.5 Å². The maximum Gasteiger partial charge on any atom is 0.337 e. The summed E-state index contributed by atoms with van der Waals surface area (Å²) >= 11 is 5.71. The Morgan fingerprint density at radius 2 is 1.77 bits per heavy atom. The molecule has 2 aromatic rings. The molecular weight excluding hydrogens is 368 g/mol. The number of amides is 1. The van der Waals surface area contributed by atoms with Crippen molar-refractivity contribution in [1.29, 1.82) is 0 Å². The molecule has 0 fully saturated rings. The van der Waals surface area contributed by atoms with Gasteiger partial charge in [0.2, 0.25) is 0 Å². The first-order valence-corrected chi connectivity index (χ1v) is 7.41. The quantitative estimate of drug-likeness (QED) is 0.581. The number of carboxylic acids is 1. The van der Waals surface area contributed by atoms with E-state index < -0.39 is 22.5 Å². The van der Waals surface area contributed by atoms with E-state index in [1.165, 1.54) is 38.5 Å². The van der Waals surface area contributed by atoms with Crippen LogP contribution in [0.1, 0.15) is 20.7 Å². The van der Waals surface area contributed by atoms with Gasteiger partial charge in [-0.25, -0.2) is 4.79 Å². The number of carbonyl (C=O) groups is 2. The summed E-state index contributed by atoms with van der Waals surface area (Å²) in [5.41, 5.74) is -0.797. The molecule has 0 radical (unpaired) electrons. The molecule has 136 valence electrons. The number of carbonyl (C=O) groups excluding carboxylic acids is 1. The highest BCUT2D eigenvalue weighted by Gasteiger charge is 2.20. The third-order valence-corrected chi connectivity index (χ3v) is 3.73. The van der Waals surface area contributed by atoms with Gasteiger partial charge in [0.05, 0.1) is 30.4 Å². The molecule has 2 N–H and O–H groups in total. The van der Waals surface area contributed by atoms with E-state index in [4.69, 9.17) is 21.1 Å². The predicted octanol–water partition coefficient (Wildman–Crippen LogP) is 3.22. The van der Waals surface area contributed by atoms with E-state index in [0.717, 1.165) is 6.07 Å². The Bertz CT molecular complexity index is 898. The van der Waals surface area contributed by atoms with Gasteiger partial charge in [-0.15, -0.1) is 0 Å². The van der Waals surface area contributed by atoms with Crippen LogP contribution in [0.15, 0.2) is 30.3 Å². The second-order valence-corrected chi connectivity index (χ2v) is 5.34. The number of rotatable bonds is 6. The maximum atomic E-state index is 12.4. The first-order valence-electron chi connectivity index (χ1n) is 7.03. The fourth-order valence-electron chi connectivity index (χ4n) is 2.15. The van der Waals surface area contributed by atoms with Crippen molar-refractivity contribution >= 4 is 34.9 Å². The Balaban J connectivity index is 2.44. The van der Waals surface area contributed by atoms with E-state index in [9.17, 15) is 24.8 Å². The lowest BCUT2D eigenvalue weighted by molar-refractivity contribution is -0.384. The highest BCUT2D eigenvalue weighted by molar-refractivity contribution is 6.32. The van der Waals surface area contributed by atoms with Crippen LogP contribution in [0.2, 0.25) is 5.02 Å². The number of nitro groups is 1. The molecule has 1 amide bonds. The Hall–Kier alpha value is -3.33. The van der Waals surface area contributed by atoms with Gasteiger partial charge in [-0.3, -0.25) is 14.9 Å². The zero-order valence-corrected chi connectivity index (χ0v) is 14.4. The first-order chi connectivity index (χ1) is 12.3. The lowest BCUT2D eigenvalue weighted by atomic mass is 10.1. The average molecular weight is 381 g/mol. The standard InChI is InChI=1S/C16H13ClN2O7/c1-25-13-6-9(16(21)22)11(7-14(13)26-2)18-15(20)8-3-4-10(17)12(5-8)19(23)24/h3-7H,1-2H3,(H,18,20)(H,21,22). The number of aromatic carboxylic acids is 1. The van der Waals surface area contributed by atoms with E-state index in [-0.39, 0.29) is 33.3 Å². The molecule has 2 rings (SSSR count). The molecule has 0 unspecified atom stereocenters. The van der Waals surface area contributed by atoms with Crippen molar-refractivity contribution in [2.75, 3.05) is 19.5 Å². The monoisotopic (exact) mass is 380 g/mol. The van der Waals surface area contributed by atoms with Crippen molar-refractivity contribution in [3.8, 4) is 11.5 Å². The lowest BCUT2D eigenvalue weighted by Gasteiger charge is -2.13. The van der Waals surface area contributed by atoms with Crippen LogP contribution in [0.25, 0.3) is 0 Å². The number of ether oxygens (including phenoxy) is 2. The summed E-state index contributed by atoms with van der Waals surface area (Å²) in [6.45, 7) is 0. The molecule has 0 aliphatic heterocycles. The van der Waals surface area contributed by atoms with Crippen molar-refractivity contribution in [3.05, 3.63) is 56.6 Å². The number of hydrogen-bond donors (Lipinski definition) is 2. The van der Waals surface area contributed by atoms with Crippen molar-refractivity contribution in [2.45, 2.75) is 0 Å². The Kier molecular flexibility index (Phi) is 5.63. The van der Waals surface area contributed by atoms with Gasteiger partial charge in [0.1, 0.15) is 5.02 Å². The van der Waals surface area contributed by atoms with Gasteiger partial charge in [0.25, 0.3) is 11.6 Å². The van der Waals surface area contributed by atoms with Gasteiger partial charge in [0.15, 0.2) is 11.5 Å². The molecule has 0 aliphatic rings. The normalized spacial score (nSPS) is 10.1. The smallest absolute Gasteiger partial charge is 0.337 e. The molecule has 0 aromatic heterocycles. The van der Waals surface area contributed by atoms with E-state index in [1.54, 1.807) is 0 Å². The minimum atomic E-state index is -1.30. The van der Waals surface area contributed by atoms with Crippen molar-refractivity contribution < 1.29 is 29.1 Å². The largest absolute Gasteiger partial charge is 0.493 e. The summed E-state index contributed by atoms with van der Waals surface area (Å²) in [6, 6.07) is 5.97. The van der Waals surface area contributed by atoms with Crippen LogP contribution >= 0.6 is 11.6 Å². The number of halogens is 1. The molecule has 10 heteroatoms. The second kappa shape index (κ2) is 7.70. The van der Waals surface area contributed by atoms with Crippen LogP contribution in [0.4, 0.5) is 11.4 Å². The van der Waals surface area contributed by atoms with Crippen LogP contribution in [0.3, 0.4) is 0 Å². The number of methoxy groups -OCH3 is 2. The summed E-state index contributed by atoms with van der Waals surface area (Å²) in [7, 11) is 2.70. The van der Waals surface area contributed by atoms with Crippen LogP contribution in [-0.2, 0) is 0 Å². The van der Waals surface area contributed by atoms with E-state index >= 15 is 0 Å². The molecule has 0 atom stereocenters. The molecule has 0 saturated heterocycles. The highest BCUT2D eigenvalue weighted by atomic mass is 35.5. The molecule has 2 aromatic carbocycles. The zero-order chi connectivity index (χ0) is 19.4. The number of anilines is 1. The minimum absolute atomic E-state index is 0.0576. The third kappa shape index (κ3) is 3.83. The van der Waals surface area contributed by atoms with Gasteiger partial charge in [0, 0.05) is 23.8 Å². The first kappa shape index (κ1) is 19.0. The van der Waals surface area contributed by atoms with Gasteiger partial charge >= 0.3 is 5.97 Å². The van der Waals surface area contributed by atoms with Gasteiger partial charge in [-0.1, -0.05) is 11.6 Å².